The molecule has 2 aliphatic rings. The first-order valence-electron chi connectivity index (χ1n) is 7.86. The van der Waals surface area contributed by atoms with Crippen LogP contribution >= 0.6 is 11.8 Å². The van der Waals surface area contributed by atoms with Crippen LogP contribution in [0.4, 0.5) is 0 Å². The third kappa shape index (κ3) is 4.51. The molecule has 0 aromatic carbocycles. The van der Waals surface area contributed by atoms with Crippen LogP contribution in [0.1, 0.15) is 40.5 Å². The SMILES string of the molecule is CC1=CCC(SC(C)C)([Si](C)(C)C2=[C]([Ti+2])CC=C2)C(C)=C1.[Cl-].[Cl-]. The second-order valence-electron chi connectivity index (χ2n) is 7.10. The van der Waals surface area contributed by atoms with Crippen LogP contribution in [0.5, 0.6) is 0 Å². The predicted octanol–water partition coefficient (Wildman–Crippen LogP) is -0.281. The minimum absolute atomic E-state index is 0. The molecule has 0 radical (unpaired) electrons. The van der Waals surface area contributed by atoms with Crippen molar-refractivity contribution < 1.29 is 45.2 Å². The largest absolute Gasteiger partial charge is 1.00 e. The standard InChI is InChI=1S/C18H27SSi.2ClH.Ti/c1-14(2)19-18(12-11-15(3)13-16(18)4)20(5,6)17-9-7-8-10-17;;;/h7,9,11,13-14H,8,12H2,1-6H3;2*1H;/q;;;+2/p-2. The molecule has 0 amide bonds. The van der Waals surface area contributed by atoms with E-state index in [0.29, 0.717) is 9.62 Å². The molecule has 1 atom stereocenters. The molecule has 0 aliphatic heterocycles. The maximum atomic E-state index is 2.59. The molecule has 0 heterocycles. The average molecular weight is 422 g/mol. The van der Waals surface area contributed by atoms with Gasteiger partial charge in [-0.3, -0.25) is 0 Å². The van der Waals surface area contributed by atoms with Crippen LogP contribution in [0.15, 0.2) is 44.5 Å². The summed E-state index contributed by atoms with van der Waals surface area (Å²) in [6.45, 7) is 14.5. The molecule has 0 aromatic heterocycles. The number of allylic oxidation sites excluding steroid dienone is 7. The van der Waals surface area contributed by atoms with Crippen LogP contribution in [0, 0.1) is 0 Å². The van der Waals surface area contributed by atoms with Gasteiger partial charge in [0.05, 0.1) is 0 Å². The number of rotatable bonds is 4. The van der Waals surface area contributed by atoms with Gasteiger partial charge in [0.25, 0.3) is 0 Å². The first-order chi connectivity index (χ1) is 9.70. The Morgan fingerprint density at radius 3 is 2.26 bits per heavy atom. The molecule has 1 unspecified atom stereocenters. The van der Waals surface area contributed by atoms with Crippen LogP contribution in [0.25, 0.3) is 0 Å². The van der Waals surface area contributed by atoms with E-state index in [9.17, 15) is 0 Å². The zero-order chi connectivity index (χ0) is 15.8. The summed E-state index contributed by atoms with van der Waals surface area (Å²) in [7, 11) is -1.60. The van der Waals surface area contributed by atoms with Gasteiger partial charge in [0, 0.05) is 0 Å². The van der Waals surface area contributed by atoms with E-state index in [0.717, 1.165) is 6.42 Å². The fourth-order valence-electron chi connectivity index (χ4n) is 3.73. The summed E-state index contributed by atoms with van der Waals surface area (Å²) in [6, 6.07) is 0. The third-order valence-electron chi connectivity index (χ3n) is 4.84. The normalized spacial score (nSPS) is 24.2. The molecule has 0 saturated heterocycles. The number of hydrogen-bond acceptors (Lipinski definition) is 1. The first-order valence-corrected chi connectivity index (χ1v) is 12.5. The molecule has 0 bridgehead atoms. The van der Waals surface area contributed by atoms with E-state index in [1.54, 1.807) is 14.6 Å². The number of hydrogen-bond donors (Lipinski definition) is 0. The topological polar surface area (TPSA) is 0 Å². The minimum Gasteiger partial charge on any atom is -1.00 e. The molecule has 127 valence electrons. The Morgan fingerprint density at radius 1 is 1.22 bits per heavy atom. The summed E-state index contributed by atoms with van der Waals surface area (Å²) >= 11 is 4.54. The Bertz CT molecular complexity index is 561. The molecule has 0 nitrogen and oxygen atoms in total. The van der Waals surface area contributed by atoms with Gasteiger partial charge in [0.2, 0.25) is 0 Å². The maximum Gasteiger partial charge on any atom is -1.00 e. The Balaban J connectivity index is 0.00000242. The van der Waals surface area contributed by atoms with E-state index in [-0.39, 0.29) is 24.8 Å². The van der Waals surface area contributed by atoms with E-state index >= 15 is 0 Å². The Kier molecular flexibility index (Phi) is 9.28. The summed E-state index contributed by atoms with van der Waals surface area (Å²) < 4.78 is 1.92. The van der Waals surface area contributed by atoms with Gasteiger partial charge in [-0.05, 0) is 0 Å². The summed E-state index contributed by atoms with van der Waals surface area (Å²) in [4.78, 5) is 0. The van der Waals surface area contributed by atoms with Crippen molar-refractivity contribution in [1.82, 2.24) is 0 Å². The Hall–Kier alpha value is 0.821. The van der Waals surface area contributed by atoms with Crippen molar-refractivity contribution >= 4 is 19.8 Å². The molecular weight excluding hydrogens is 395 g/mol. The average Bonchev–Trinajstić information content (AvgIpc) is 2.79. The van der Waals surface area contributed by atoms with Gasteiger partial charge in [0.1, 0.15) is 0 Å². The summed E-state index contributed by atoms with van der Waals surface area (Å²) in [5.74, 6) is 0. The van der Waals surface area contributed by atoms with Gasteiger partial charge in [-0.15, -0.1) is 0 Å². The van der Waals surface area contributed by atoms with Crippen LogP contribution in [-0.2, 0) is 20.4 Å². The third-order valence-corrected chi connectivity index (χ3v) is 13.7. The monoisotopic (exact) mass is 421 g/mol. The predicted molar refractivity (Wildman–Crippen MR) is 95.9 cm³/mol. The molecule has 0 saturated carbocycles. The van der Waals surface area contributed by atoms with E-state index in [2.05, 4.69) is 97.3 Å². The second kappa shape index (κ2) is 8.96. The molecular formula is C18H27Cl2SSiTi. The fourth-order valence-corrected chi connectivity index (χ4v) is 12.4. The molecule has 2 aliphatic carbocycles. The van der Waals surface area contributed by atoms with Crippen molar-refractivity contribution in [1.29, 1.82) is 0 Å². The maximum absolute atomic E-state index is 2.59. The van der Waals surface area contributed by atoms with E-state index < -0.39 is 8.07 Å². The second-order valence-corrected chi connectivity index (χ2v) is 14.9. The molecule has 0 fully saturated rings. The molecule has 5 heteroatoms. The van der Waals surface area contributed by atoms with Gasteiger partial charge >= 0.3 is 148 Å². The van der Waals surface area contributed by atoms with Gasteiger partial charge in [-0.1, -0.05) is 0 Å². The van der Waals surface area contributed by atoms with E-state index in [1.807, 2.05) is 0 Å². The van der Waals surface area contributed by atoms with Crippen LogP contribution in [0.3, 0.4) is 0 Å². The van der Waals surface area contributed by atoms with Crippen molar-refractivity contribution in [2.45, 2.75) is 63.3 Å². The molecule has 0 spiro atoms. The Labute approximate surface area is 172 Å². The Morgan fingerprint density at radius 2 is 1.83 bits per heavy atom. The van der Waals surface area contributed by atoms with Crippen LogP contribution < -0.4 is 24.8 Å². The zero-order valence-electron chi connectivity index (χ0n) is 15.0. The molecule has 23 heavy (non-hydrogen) atoms. The first kappa shape index (κ1) is 23.8. The van der Waals surface area contributed by atoms with Gasteiger partial charge < -0.3 is 24.8 Å². The van der Waals surface area contributed by atoms with Crippen LogP contribution in [0.2, 0.25) is 13.1 Å². The van der Waals surface area contributed by atoms with Crippen molar-refractivity contribution in [2.75, 3.05) is 0 Å². The number of halogens is 2. The summed E-state index contributed by atoms with van der Waals surface area (Å²) in [6.07, 6.45) is 12.0. The van der Waals surface area contributed by atoms with Crippen molar-refractivity contribution in [3.8, 4) is 0 Å². The van der Waals surface area contributed by atoms with Crippen molar-refractivity contribution in [3.63, 3.8) is 0 Å². The zero-order valence-corrected chi connectivity index (χ0v) is 19.9. The van der Waals surface area contributed by atoms with Crippen molar-refractivity contribution in [3.05, 3.63) is 44.5 Å². The summed E-state index contributed by atoms with van der Waals surface area (Å²) in [5, 5.41) is 2.36. The molecule has 0 N–H and O–H groups in total. The number of thioether (sulfide) groups is 1. The smallest absolute Gasteiger partial charge is 1.00 e. The van der Waals surface area contributed by atoms with E-state index in [1.165, 1.54) is 12.0 Å². The van der Waals surface area contributed by atoms with Gasteiger partial charge in [0.15, 0.2) is 0 Å². The van der Waals surface area contributed by atoms with Gasteiger partial charge in [-0.2, -0.15) is 0 Å². The van der Waals surface area contributed by atoms with Crippen LogP contribution in [-0.4, -0.2) is 17.7 Å². The van der Waals surface area contributed by atoms with Gasteiger partial charge in [-0.25, -0.2) is 0 Å². The molecule has 0 aromatic rings. The van der Waals surface area contributed by atoms with E-state index in [4.69, 9.17) is 0 Å². The fraction of sp³-hybridized carbons (Fsp3) is 0.556. The van der Waals surface area contributed by atoms with Crippen molar-refractivity contribution in [2.24, 2.45) is 0 Å². The quantitative estimate of drug-likeness (QED) is 0.562. The summed E-state index contributed by atoms with van der Waals surface area (Å²) in [5.41, 5.74) is 3.03. The minimum atomic E-state index is -1.60. The molecule has 2 rings (SSSR count).